The molecular formula is C8H15N3. The van der Waals surface area contributed by atoms with Crippen molar-refractivity contribution >= 4 is 0 Å². The first-order valence-corrected chi connectivity index (χ1v) is 3.80. The summed E-state index contributed by atoms with van der Waals surface area (Å²) < 4.78 is 0. The molecule has 3 heteroatoms. The van der Waals surface area contributed by atoms with Crippen LogP contribution in [0.1, 0.15) is 25.2 Å². The van der Waals surface area contributed by atoms with Crippen LogP contribution in [0.2, 0.25) is 0 Å². The van der Waals surface area contributed by atoms with E-state index in [4.69, 9.17) is 5.73 Å². The summed E-state index contributed by atoms with van der Waals surface area (Å²) in [5.74, 6) is 0. The fraction of sp³-hybridized carbons (Fsp3) is 0.500. The third-order valence-corrected chi connectivity index (χ3v) is 1.01. The Morgan fingerprint density at radius 3 is 2.36 bits per heavy atom. The van der Waals surface area contributed by atoms with E-state index in [-0.39, 0.29) is 0 Å². The van der Waals surface area contributed by atoms with E-state index in [1.165, 1.54) is 0 Å². The number of hydrogen-bond donors (Lipinski definition) is 1. The summed E-state index contributed by atoms with van der Waals surface area (Å²) >= 11 is 0. The Bertz CT molecular complexity index is 198. The van der Waals surface area contributed by atoms with Crippen molar-refractivity contribution in [3.05, 3.63) is 23.8 Å². The van der Waals surface area contributed by atoms with Gasteiger partial charge in [0.25, 0.3) is 0 Å². The summed E-state index contributed by atoms with van der Waals surface area (Å²) in [6.45, 7) is 6.36. The normalized spacial score (nSPS) is 8.36. The first-order valence-electron chi connectivity index (χ1n) is 3.80. The van der Waals surface area contributed by atoms with E-state index in [0.717, 1.165) is 11.4 Å². The van der Waals surface area contributed by atoms with Crippen molar-refractivity contribution in [1.29, 1.82) is 0 Å². The first-order chi connectivity index (χ1) is 5.33. The number of hydrogen-bond acceptors (Lipinski definition) is 3. The molecule has 3 nitrogen and oxygen atoms in total. The molecule has 0 fully saturated rings. The predicted octanol–water partition coefficient (Wildman–Crippen LogP) is 1.27. The number of aromatic nitrogens is 2. The molecule has 0 radical (unpaired) electrons. The third-order valence-electron chi connectivity index (χ3n) is 1.01. The van der Waals surface area contributed by atoms with Crippen molar-refractivity contribution in [3.63, 3.8) is 0 Å². The smallest absolute Gasteiger partial charge is 0.0725 e. The van der Waals surface area contributed by atoms with Gasteiger partial charge in [-0.15, -0.1) is 0 Å². The van der Waals surface area contributed by atoms with Crippen LogP contribution < -0.4 is 5.73 Å². The minimum absolute atomic E-state index is 0.467. The van der Waals surface area contributed by atoms with Crippen LogP contribution in [0.3, 0.4) is 0 Å². The van der Waals surface area contributed by atoms with Gasteiger partial charge in [0.2, 0.25) is 0 Å². The van der Waals surface area contributed by atoms with Crippen molar-refractivity contribution in [2.45, 2.75) is 27.3 Å². The fourth-order valence-electron chi connectivity index (χ4n) is 0.614. The lowest BCUT2D eigenvalue weighted by Crippen LogP contribution is -2.00. The van der Waals surface area contributed by atoms with Gasteiger partial charge in [-0.1, -0.05) is 13.8 Å². The fourth-order valence-corrected chi connectivity index (χ4v) is 0.614. The van der Waals surface area contributed by atoms with Crippen LogP contribution in [0.25, 0.3) is 0 Å². The van der Waals surface area contributed by atoms with Crippen molar-refractivity contribution in [2.75, 3.05) is 0 Å². The number of rotatable bonds is 1. The van der Waals surface area contributed by atoms with E-state index in [1.54, 1.807) is 12.4 Å². The molecule has 0 aliphatic rings. The molecule has 1 aromatic rings. The third kappa shape index (κ3) is 3.68. The van der Waals surface area contributed by atoms with Crippen LogP contribution in [-0.4, -0.2) is 9.97 Å². The average Bonchev–Trinajstić information content (AvgIpc) is 2.08. The van der Waals surface area contributed by atoms with Gasteiger partial charge in [0.1, 0.15) is 0 Å². The molecule has 0 amide bonds. The Kier molecular flexibility index (Phi) is 5.29. The summed E-state index contributed by atoms with van der Waals surface area (Å²) in [5, 5.41) is 0. The van der Waals surface area contributed by atoms with Crippen LogP contribution in [0.4, 0.5) is 0 Å². The number of aryl methyl sites for hydroxylation is 1. The minimum Gasteiger partial charge on any atom is -0.325 e. The van der Waals surface area contributed by atoms with Crippen molar-refractivity contribution in [2.24, 2.45) is 5.73 Å². The molecule has 1 aromatic heterocycles. The predicted molar refractivity (Wildman–Crippen MR) is 46.0 cm³/mol. The standard InChI is InChI=1S/C6H9N3.C2H6/c1-5-3-8-4-6(2-7)9-5;1-2/h3-4H,2,7H2,1H3;1-2H3. The maximum atomic E-state index is 5.32. The van der Waals surface area contributed by atoms with Crippen LogP contribution in [-0.2, 0) is 6.54 Å². The Labute approximate surface area is 67.7 Å². The molecule has 0 spiro atoms. The van der Waals surface area contributed by atoms with Crippen LogP contribution >= 0.6 is 0 Å². The molecule has 0 unspecified atom stereocenters. The molecule has 62 valence electrons. The molecule has 0 aliphatic heterocycles. The van der Waals surface area contributed by atoms with Crippen molar-refractivity contribution in [3.8, 4) is 0 Å². The highest BCUT2D eigenvalue weighted by Gasteiger charge is 1.88. The molecular weight excluding hydrogens is 138 g/mol. The van der Waals surface area contributed by atoms with Crippen molar-refractivity contribution < 1.29 is 0 Å². The van der Waals surface area contributed by atoms with Crippen LogP contribution in [0.15, 0.2) is 12.4 Å². The highest BCUT2D eigenvalue weighted by molar-refractivity contribution is 5.00. The van der Waals surface area contributed by atoms with Crippen LogP contribution in [0, 0.1) is 6.92 Å². The monoisotopic (exact) mass is 153 g/mol. The second-order valence-electron chi connectivity index (χ2n) is 1.86. The lowest BCUT2D eigenvalue weighted by molar-refractivity contribution is 0.939. The average molecular weight is 153 g/mol. The van der Waals surface area contributed by atoms with E-state index < -0.39 is 0 Å². The Morgan fingerprint density at radius 1 is 1.36 bits per heavy atom. The summed E-state index contributed by atoms with van der Waals surface area (Å²) in [4.78, 5) is 8.02. The summed E-state index contributed by atoms with van der Waals surface area (Å²) in [6, 6.07) is 0. The van der Waals surface area contributed by atoms with E-state index in [9.17, 15) is 0 Å². The molecule has 11 heavy (non-hydrogen) atoms. The molecule has 0 aromatic carbocycles. The molecule has 0 saturated heterocycles. The largest absolute Gasteiger partial charge is 0.325 e. The lowest BCUT2D eigenvalue weighted by Gasteiger charge is -1.93. The SMILES string of the molecule is CC.Cc1cncc(CN)n1. The summed E-state index contributed by atoms with van der Waals surface area (Å²) in [6.07, 6.45) is 3.38. The summed E-state index contributed by atoms with van der Waals surface area (Å²) in [7, 11) is 0. The van der Waals surface area contributed by atoms with E-state index in [2.05, 4.69) is 9.97 Å². The van der Waals surface area contributed by atoms with Crippen molar-refractivity contribution in [1.82, 2.24) is 9.97 Å². The molecule has 0 atom stereocenters. The van der Waals surface area contributed by atoms with Gasteiger partial charge in [-0.25, -0.2) is 0 Å². The molecule has 1 heterocycles. The van der Waals surface area contributed by atoms with Gasteiger partial charge >= 0.3 is 0 Å². The molecule has 0 aliphatic carbocycles. The van der Waals surface area contributed by atoms with Gasteiger partial charge in [-0.05, 0) is 6.92 Å². The zero-order valence-electron chi connectivity index (χ0n) is 7.33. The van der Waals surface area contributed by atoms with E-state index in [1.807, 2.05) is 20.8 Å². The van der Waals surface area contributed by atoms with E-state index >= 15 is 0 Å². The van der Waals surface area contributed by atoms with Gasteiger partial charge in [0, 0.05) is 18.9 Å². The van der Waals surface area contributed by atoms with Gasteiger partial charge in [-0.3, -0.25) is 9.97 Å². The minimum atomic E-state index is 0.467. The maximum absolute atomic E-state index is 5.32. The van der Waals surface area contributed by atoms with Crippen LogP contribution in [0.5, 0.6) is 0 Å². The number of nitrogens with zero attached hydrogens (tertiary/aromatic N) is 2. The Balaban J connectivity index is 0.000000461. The zero-order chi connectivity index (χ0) is 8.69. The van der Waals surface area contributed by atoms with Gasteiger partial charge < -0.3 is 5.73 Å². The lowest BCUT2D eigenvalue weighted by atomic mass is 10.4. The molecule has 0 saturated carbocycles. The second kappa shape index (κ2) is 5.80. The van der Waals surface area contributed by atoms with E-state index in [0.29, 0.717) is 6.54 Å². The van der Waals surface area contributed by atoms with Gasteiger partial charge in [-0.2, -0.15) is 0 Å². The number of nitrogens with two attached hydrogens (primary N) is 1. The van der Waals surface area contributed by atoms with Gasteiger partial charge in [0.15, 0.2) is 0 Å². The molecule has 0 bridgehead atoms. The first kappa shape index (κ1) is 10.0. The molecule has 2 N–H and O–H groups in total. The maximum Gasteiger partial charge on any atom is 0.0725 e. The Hall–Kier alpha value is -0.960. The highest BCUT2D eigenvalue weighted by atomic mass is 14.8. The Morgan fingerprint density at radius 2 is 2.00 bits per heavy atom. The summed E-state index contributed by atoms with van der Waals surface area (Å²) in [5.41, 5.74) is 7.07. The van der Waals surface area contributed by atoms with Gasteiger partial charge in [0.05, 0.1) is 11.4 Å². The topological polar surface area (TPSA) is 51.8 Å². The molecule has 1 rings (SSSR count). The zero-order valence-corrected chi connectivity index (χ0v) is 7.33. The quantitative estimate of drug-likeness (QED) is 0.661. The second-order valence-corrected chi connectivity index (χ2v) is 1.86. The highest BCUT2D eigenvalue weighted by Crippen LogP contribution is 1.91.